The lowest BCUT2D eigenvalue weighted by molar-refractivity contribution is -0.141. The molecule has 13 heteroatoms. The lowest BCUT2D eigenvalue weighted by Crippen LogP contribution is -2.33. The summed E-state index contributed by atoms with van der Waals surface area (Å²) in [7, 11) is 0. The van der Waals surface area contributed by atoms with Gasteiger partial charge in [-0.1, -0.05) is 11.6 Å². The predicted octanol–water partition coefficient (Wildman–Crippen LogP) is 1.94. The lowest BCUT2D eigenvalue weighted by Gasteiger charge is -2.16. The second kappa shape index (κ2) is 6.97. The number of hydrogen-bond acceptors (Lipinski definition) is 7. The number of pyridine rings is 1. The van der Waals surface area contributed by atoms with Crippen LogP contribution in [-0.4, -0.2) is 40.5 Å². The standard InChI is InChI=1S/C16H11ClF3N7O2/c17-8-5-21-15(22-6-8)25-11(28)7-26-12-3-4-23-27(12)13-9(14(26)29)1-2-10(24-13)16(18,19)20/h1-6,11,28H,7H2,(H,21,22,25). The van der Waals surface area contributed by atoms with Gasteiger partial charge in [0.05, 0.1) is 35.5 Å². The molecule has 1 unspecified atom stereocenters. The van der Waals surface area contributed by atoms with Gasteiger partial charge >= 0.3 is 6.18 Å². The van der Waals surface area contributed by atoms with Crippen molar-refractivity contribution in [2.45, 2.75) is 18.9 Å². The van der Waals surface area contributed by atoms with Gasteiger partial charge in [-0.25, -0.2) is 15.0 Å². The summed E-state index contributed by atoms with van der Waals surface area (Å²) < 4.78 is 41.2. The van der Waals surface area contributed by atoms with Crippen LogP contribution in [0.25, 0.3) is 16.7 Å². The predicted molar refractivity (Wildman–Crippen MR) is 96.4 cm³/mol. The number of alkyl halides is 3. The quantitative estimate of drug-likeness (QED) is 0.481. The van der Waals surface area contributed by atoms with E-state index >= 15 is 0 Å². The Morgan fingerprint density at radius 2 is 1.93 bits per heavy atom. The van der Waals surface area contributed by atoms with Crippen LogP contribution in [0.1, 0.15) is 5.69 Å². The molecule has 0 aliphatic carbocycles. The minimum atomic E-state index is -4.67. The first-order chi connectivity index (χ1) is 13.7. The Hall–Kier alpha value is -3.25. The zero-order valence-corrected chi connectivity index (χ0v) is 15.1. The van der Waals surface area contributed by atoms with E-state index < -0.39 is 23.7 Å². The molecule has 4 aromatic rings. The number of anilines is 1. The zero-order chi connectivity index (χ0) is 20.8. The Bertz CT molecular complexity index is 1250. The number of hydrogen-bond donors (Lipinski definition) is 2. The molecular weight excluding hydrogens is 415 g/mol. The summed E-state index contributed by atoms with van der Waals surface area (Å²) in [5.74, 6) is 0.0803. The second-order valence-corrected chi connectivity index (χ2v) is 6.40. The summed E-state index contributed by atoms with van der Waals surface area (Å²) in [4.78, 5) is 24.2. The molecule has 0 spiro atoms. The molecule has 150 valence electrons. The Balaban J connectivity index is 1.76. The average molecular weight is 426 g/mol. The van der Waals surface area contributed by atoms with Crippen molar-refractivity contribution in [2.75, 3.05) is 5.32 Å². The molecule has 0 saturated heterocycles. The van der Waals surface area contributed by atoms with Gasteiger partial charge in [0.1, 0.15) is 17.6 Å². The average Bonchev–Trinajstić information content (AvgIpc) is 3.16. The highest BCUT2D eigenvalue weighted by Gasteiger charge is 2.33. The molecule has 0 aromatic carbocycles. The third kappa shape index (κ3) is 3.59. The fraction of sp³-hybridized carbons (Fsp3) is 0.188. The van der Waals surface area contributed by atoms with Gasteiger partial charge in [-0.2, -0.15) is 22.8 Å². The number of nitrogens with zero attached hydrogens (tertiary/aromatic N) is 6. The van der Waals surface area contributed by atoms with E-state index in [2.05, 4.69) is 25.4 Å². The van der Waals surface area contributed by atoms with Gasteiger partial charge < -0.3 is 10.4 Å². The van der Waals surface area contributed by atoms with E-state index in [9.17, 15) is 23.1 Å². The molecule has 0 aliphatic heterocycles. The maximum Gasteiger partial charge on any atom is 0.433 e. The van der Waals surface area contributed by atoms with Crippen LogP contribution in [0, 0.1) is 0 Å². The molecular formula is C16H11ClF3N7O2. The van der Waals surface area contributed by atoms with Crippen LogP contribution in [-0.2, 0) is 12.7 Å². The van der Waals surface area contributed by atoms with E-state index in [1.54, 1.807) is 0 Å². The first-order valence-electron chi connectivity index (χ1n) is 8.10. The highest BCUT2D eigenvalue weighted by molar-refractivity contribution is 6.30. The molecule has 0 fully saturated rings. The van der Waals surface area contributed by atoms with Crippen molar-refractivity contribution in [3.8, 4) is 0 Å². The zero-order valence-electron chi connectivity index (χ0n) is 14.3. The van der Waals surface area contributed by atoms with Crippen molar-refractivity contribution in [1.29, 1.82) is 0 Å². The third-order valence-corrected chi connectivity index (χ3v) is 4.21. The molecule has 0 bridgehead atoms. The van der Waals surface area contributed by atoms with Gasteiger partial charge in [-0.3, -0.25) is 9.36 Å². The molecule has 4 aromatic heterocycles. The third-order valence-electron chi connectivity index (χ3n) is 4.01. The number of fused-ring (bicyclic) bond motifs is 3. The van der Waals surface area contributed by atoms with Gasteiger partial charge in [-0.15, -0.1) is 0 Å². The van der Waals surface area contributed by atoms with E-state index in [1.807, 2.05) is 0 Å². The van der Waals surface area contributed by atoms with Crippen LogP contribution in [0.3, 0.4) is 0 Å². The van der Waals surface area contributed by atoms with Crippen molar-refractivity contribution in [3.05, 3.63) is 57.9 Å². The fourth-order valence-corrected chi connectivity index (χ4v) is 2.88. The molecule has 29 heavy (non-hydrogen) atoms. The summed E-state index contributed by atoms with van der Waals surface area (Å²) in [6.45, 7) is -0.253. The first kappa shape index (κ1) is 19.1. The second-order valence-electron chi connectivity index (χ2n) is 5.97. The minimum Gasteiger partial charge on any atom is -0.372 e. The molecule has 0 radical (unpaired) electrons. The highest BCUT2D eigenvalue weighted by Crippen LogP contribution is 2.28. The van der Waals surface area contributed by atoms with Crippen molar-refractivity contribution >= 4 is 34.2 Å². The summed E-state index contributed by atoms with van der Waals surface area (Å²) in [6.07, 6.45) is -1.99. The van der Waals surface area contributed by atoms with Gasteiger partial charge in [0.15, 0.2) is 5.65 Å². The number of aliphatic hydroxyl groups excluding tert-OH is 1. The summed E-state index contributed by atoms with van der Waals surface area (Å²) >= 11 is 5.70. The van der Waals surface area contributed by atoms with Crippen molar-refractivity contribution in [1.82, 2.24) is 29.1 Å². The van der Waals surface area contributed by atoms with Gasteiger partial charge in [-0.05, 0) is 12.1 Å². The Morgan fingerprint density at radius 3 is 2.62 bits per heavy atom. The van der Waals surface area contributed by atoms with Crippen molar-refractivity contribution in [2.24, 2.45) is 0 Å². The number of aliphatic hydroxyl groups is 1. The Morgan fingerprint density at radius 1 is 1.21 bits per heavy atom. The van der Waals surface area contributed by atoms with Crippen LogP contribution in [0.15, 0.2) is 41.6 Å². The topological polar surface area (TPSA) is 110 Å². The smallest absolute Gasteiger partial charge is 0.372 e. The maximum atomic E-state index is 13.0. The van der Waals surface area contributed by atoms with Crippen LogP contribution in [0.5, 0.6) is 0 Å². The largest absolute Gasteiger partial charge is 0.433 e. The van der Waals surface area contributed by atoms with E-state index in [1.165, 1.54) is 24.7 Å². The van der Waals surface area contributed by atoms with Gasteiger partial charge in [0.25, 0.3) is 5.56 Å². The monoisotopic (exact) mass is 425 g/mol. The van der Waals surface area contributed by atoms with Gasteiger partial charge in [0, 0.05) is 6.07 Å². The molecule has 4 heterocycles. The molecule has 9 nitrogen and oxygen atoms in total. The SMILES string of the molecule is O=c1c2ccc(C(F)(F)F)nc2n2nccc2n1CC(O)Nc1ncc(Cl)cn1. The molecule has 0 saturated carbocycles. The van der Waals surface area contributed by atoms with E-state index in [0.717, 1.165) is 21.2 Å². The van der Waals surface area contributed by atoms with Crippen molar-refractivity contribution < 1.29 is 18.3 Å². The fourth-order valence-electron chi connectivity index (χ4n) is 2.78. The number of halogens is 4. The maximum absolute atomic E-state index is 13.0. The Labute approximate surface area is 164 Å². The van der Waals surface area contributed by atoms with Crippen LogP contribution in [0.2, 0.25) is 5.02 Å². The first-order valence-corrected chi connectivity index (χ1v) is 8.48. The lowest BCUT2D eigenvalue weighted by atomic mass is 10.2. The van der Waals surface area contributed by atoms with Crippen LogP contribution >= 0.6 is 11.6 Å². The number of nitrogens with one attached hydrogen (secondary N) is 1. The molecule has 0 amide bonds. The van der Waals surface area contributed by atoms with E-state index in [0.29, 0.717) is 5.02 Å². The number of aromatic nitrogens is 6. The Kier molecular flexibility index (Phi) is 4.59. The van der Waals surface area contributed by atoms with E-state index in [4.69, 9.17) is 11.6 Å². The van der Waals surface area contributed by atoms with E-state index in [-0.39, 0.29) is 29.2 Å². The molecule has 0 aliphatic rings. The summed E-state index contributed by atoms with van der Waals surface area (Å²) in [6, 6.07) is 3.18. The van der Waals surface area contributed by atoms with Crippen molar-refractivity contribution in [3.63, 3.8) is 0 Å². The molecule has 1 atom stereocenters. The minimum absolute atomic E-state index is 0.0795. The number of rotatable bonds is 4. The highest BCUT2D eigenvalue weighted by atomic mass is 35.5. The summed E-state index contributed by atoms with van der Waals surface area (Å²) in [5, 5.41) is 17.1. The van der Waals surface area contributed by atoms with Gasteiger partial charge in [0.2, 0.25) is 5.95 Å². The molecule has 2 N–H and O–H groups in total. The molecule has 4 rings (SSSR count). The van der Waals surface area contributed by atoms with Crippen LogP contribution < -0.4 is 10.9 Å². The van der Waals surface area contributed by atoms with Crippen LogP contribution in [0.4, 0.5) is 19.1 Å². The summed E-state index contributed by atoms with van der Waals surface area (Å²) in [5.41, 5.74) is -1.84. The normalized spacial score (nSPS) is 13.1.